The van der Waals surface area contributed by atoms with Crippen LogP contribution in [0.1, 0.15) is 6.42 Å². The minimum absolute atomic E-state index is 3.04. The van der Waals surface area contributed by atoms with Gasteiger partial charge in [0.15, 0.2) is 6.17 Å². The van der Waals surface area contributed by atoms with Crippen molar-refractivity contribution in [2.75, 3.05) is 0 Å². The van der Waals surface area contributed by atoms with Crippen LogP contribution in [-0.4, -0.2) is 88.6 Å². The van der Waals surface area contributed by atoms with E-state index in [1.54, 1.807) is 0 Å². The molecule has 28 heteroatoms. The zero-order valence-electron chi connectivity index (χ0n) is 18.5. The van der Waals surface area contributed by atoms with Crippen LogP contribution in [0.2, 0.25) is 0 Å². The van der Waals surface area contributed by atoms with Crippen molar-refractivity contribution in [1.29, 1.82) is 0 Å². The first kappa shape index (κ1) is 40.6. The molecule has 2 nitrogen and oxygen atoms in total. The summed E-state index contributed by atoms with van der Waals surface area (Å²) >= 11 is 0. The third-order valence-electron chi connectivity index (χ3n) is 5.07. The van der Waals surface area contributed by atoms with Gasteiger partial charge in [-0.05, 0) is 0 Å². The fraction of sp³-hybridized carbons (Fsp3) is 0.933. The van der Waals surface area contributed by atoms with Gasteiger partial charge in [-0.1, -0.05) is 0 Å². The predicted molar refractivity (Wildman–Crippen MR) is 77.6 cm³/mol. The number of carboxylic acid groups (broad SMARTS) is 1. The summed E-state index contributed by atoms with van der Waals surface area (Å²) in [5.41, 5.74) is 0. The summed E-state index contributed by atoms with van der Waals surface area (Å²) in [6, 6.07) is 0. The Labute approximate surface area is 215 Å². The molecule has 258 valence electrons. The number of halogens is 26. The predicted octanol–water partition coefficient (Wildman–Crippen LogP) is 8.35. The quantitative estimate of drug-likeness (QED) is 0.195. The van der Waals surface area contributed by atoms with E-state index in [-0.39, 0.29) is 0 Å². The molecule has 1 unspecified atom stereocenters. The van der Waals surface area contributed by atoms with Gasteiger partial charge in [-0.15, -0.1) is 0 Å². The molecule has 0 saturated carbocycles. The van der Waals surface area contributed by atoms with E-state index >= 15 is 0 Å². The van der Waals surface area contributed by atoms with Crippen LogP contribution >= 0.6 is 0 Å². The summed E-state index contributed by atoms with van der Waals surface area (Å²) in [6.07, 6.45) is -16.7. The Hall–Kier alpha value is -2.35. The van der Waals surface area contributed by atoms with Crippen LogP contribution in [0.4, 0.5) is 114 Å². The van der Waals surface area contributed by atoms with E-state index in [9.17, 15) is 119 Å². The monoisotopic (exact) mass is 710 g/mol. The average Bonchev–Trinajstić information content (AvgIpc) is 2.76. The normalized spacial score (nSPS) is 17.3. The smallest absolute Gasteiger partial charge is 0.460 e. The van der Waals surface area contributed by atoms with E-state index in [0.29, 0.717) is 0 Å². The summed E-state index contributed by atoms with van der Waals surface area (Å²) in [7, 11) is 0. The van der Waals surface area contributed by atoms with E-state index < -0.39 is 89.9 Å². The molecule has 0 saturated heterocycles. The highest BCUT2D eigenvalue weighted by Crippen LogP contribution is 2.68. The molecule has 0 spiro atoms. The molecule has 1 atom stereocenters. The van der Waals surface area contributed by atoms with Crippen LogP contribution < -0.4 is 0 Å². The van der Waals surface area contributed by atoms with Gasteiger partial charge in [-0.3, -0.25) is 4.79 Å². The number of aliphatic carboxylic acids is 1. The second kappa shape index (κ2) is 10.1. The molecule has 0 aromatic heterocycles. The van der Waals surface area contributed by atoms with E-state index in [4.69, 9.17) is 5.11 Å². The molecule has 0 aliphatic heterocycles. The lowest BCUT2D eigenvalue weighted by Gasteiger charge is -2.45. The topological polar surface area (TPSA) is 37.3 Å². The number of carboxylic acids is 1. The van der Waals surface area contributed by atoms with Crippen LogP contribution in [0, 0.1) is 0 Å². The summed E-state index contributed by atoms with van der Waals surface area (Å²) in [5.74, 6) is -104. The number of hydrogen-bond donors (Lipinski definition) is 1. The van der Waals surface area contributed by atoms with Crippen LogP contribution in [0.15, 0.2) is 0 Å². The van der Waals surface area contributed by atoms with E-state index in [1.807, 2.05) is 0 Å². The molecule has 0 radical (unpaired) electrons. The Morgan fingerprint density at radius 2 is 0.581 bits per heavy atom. The van der Waals surface area contributed by atoms with Crippen molar-refractivity contribution >= 4 is 5.97 Å². The fourth-order valence-corrected chi connectivity index (χ4v) is 2.44. The Kier molecular flexibility index (Phi) is 9.53. The Morgan fingerprint density at radius 3 is 0.767 bits per heavy atom. The summed E-state index contributed by atoms with van der Waals surface area (Å²) in [6.45, 7) is 0. The molecule has 0 aliphatic rings. The molecular formula is C15H4F26O2. The molecule has 0 heterocycles. The Balaban J connectivity index is 7.35. The van der Waals surface area contributed by atoms with Crippen LogP contribution in [0.5, 0.6) is 0 Å². The Morgan fingerprint density at radius 1 is 0.395 bits per heavy atom. The van der Waals surface area contributed by atoms with E-state index in [0.717, 1.165) is 0 Å². The van der Waals surface area contributed by atoms with Gasteiger partial charge in [0, 0.05) is 0 Å². The van der Waals surface area contributed by atoms with Crippen LogP contribution in [0.3, 0.4) is 0 Å². The zero-order chi connectivity index (χ0) is 35.9. The van der Waals surface area contributed by atoms with Crippen molar-refractivity contribution in [3.8, 4) is 0 Å². The molecule has 0 aromatic carbocycles. The molecule has 43 heavy (non-hydrogen) atoms. The molecule has 0 bridgehead atoms. The van der Waals surface area contributed by atoms with Gasteiger partial charge in [0.05, 0.1) is 6.42 Å². The largest absolute Gasteiger partial charge is 0.481 e. The van der Waals surface area contributed by atoms with E-state index in [1.165, 1.54) is 0 Å². The number of carbonyl (C=O) groups is 1. The SMILES string of the molecule is O=C(O)CC(F)C(F)(F)C(F)(F)C(F)(F)C(F)(F)C(F)(F)C(F)(F)C(F)(F)C(F)(F)C(F)(F)C(F)(F)C(F)(F)C(F)(F)F. The summed E-state index contributed by atoms with van der Waals surface area (Å²) < 4.78 is 343. The maximum absolute atomic E-state index is 13.6. The second-order valence-electron chi connectivity index (χ2n) is 7.93. The van der Waals surface area contributed by atoms with Gasteiger partial charge in [-0.2, -0.15) is 110 Å². The lowest BCUT2D eigenvalue weighted by Crippen LogP contribution is -2.78. The fourth-order valence-electron chi connectivity index (χ4n) is 2.44. The third kappa shape index (κ3) is 4.94. The highest BCUT2D eigenvalue weighted by molar-refractivity contribution is 5.67. The highest BCUT2D eigenvalue weighted by atomic mass is 19.4. The third-order valence-corrected chi connectivity index (χ3v) is 5.07. The number of hydrogen-bond acceptors (Lipinski definition) is 1. The standard InChI is InChI=1S/C15H4F26O2/c16-2(1-3(42)43)4(17,18)5(19,20)6(21,22)7(23,24)8(25,26)9(27,28)10(29,30)11(31,32)12(33,34)13(35,36)14(37,38)15(39,40)41/h2H,1H2,(H,42,43). The number of alkyl halides is 26. The van der Waals surface area contributed by atoms with Gasteiger partial charge in [0.2, 0.25) is 0 Å². The van der Waals surface area contributed by atoms with Crippen molar-refractivity contribution < 1.29 is 124 Å². The van der Waals surface area contributed by atoms with Gasteiger partial charge < -0.3 is 5.11 Å². The average molecular weight is 710 g/mol. The minimum atomic E-state index is -9.73. The molecule has 0 aromatic rings. The van der Waals surface area contributed by atoms with Crippen molar-refractivity contribution in [3.63, 3.8) is 0 Å². The molecule has 0 fully saturated rings. The van der Waals surface area contributed by atoms with E-state index in [2.05, 4.69) is 0 Å². The first-order valence-electron chi connectivity index (χ1n) is 9.17. The minimum Gasteiger partial charge on any atom is -0.481 e. The highest BCUT2D eigenvalue weighted by Gasteiger charge is 2.99. The first-order valence-corrected chi connectivity index (χ1v) is 9.17. The van der Waals surface area contributed by atoms with Gasteiger partial charge in [0.1, 0.15) is 0 Å². The van der Waals surface area contributed by atoms with Gasteiger partial charge in [-0.25, -0.2) is 4.39 Å². The summed E-state index contributed by atoms with van der Waals surface area (Å²) in [5, 5.41) is 7.94. The van der Waals surface area contributed by atoms with Crippen molar-refractivity contribution in [2.45, 2.75) is 83.9 Å². The zero-order valence-corrected chi connectivity index (χ0v) is 18.5. The first-order chi connectivity index (χ1) is 18.1. The van der Waals surface area contributed by atoms with Crippen LogP contribution in [-0.2, 0) is 4.79 Å². The number of rotatable bonds is 13. The van der Waals surface area contributed by atoms with Crippen molar-refractivity contribution in [2.24, 2.45) is 0 Å². The molecule has 1 N–H and O–H groups in total. The lowest BCUT2D eigenvalue weighted by atomic mass is 9.84. The maximum Gasteiger partial charge on any atom is 0.460 e. The Bertz CT molecular complexity index is 1040. The molecule has 0 amide bonds. The summed E-state index contributed by atoms with van der Waals surface area (Å²) in [4.78, 5) is 10.0. The van der Waals surface area contributed by atoms with Gasteiger partial charge in [0.25, 0.3) is 0 Å². The second-order valence-corrected chi connectivity index (χ2v) is 7.93. The van der Waals surface area contributed by atoms with Crippen molar-refractivity contribution in [3.05, 3.63) is 0 Å². The lowest BCUT2D eigenvalue weighted by molar-refractivity contribution is -0.482. The molecular weight excluding hydrogens is 706 g/mol. The molecule has 0 rings (SSSR count). The van der Waals surface area contributed by atoms with Crippen molar-refractivity contribution in [1.82, 2.24) is 0 Å². The van der Waals surface area contributed by atoms with Crippen LogP contribution in [0.25, 0.3) is 0 Å². The maximum atomic E-state index is 13.6. The van der Waals surface area contributed by atoms with Gasteiger partial charge >= 0.3 is 77.3 Å². The molecule has 0 aliphatic carbocycles.